The Labute approximate surface area is 149 Å². The molecule has 1 aromatic rings. The second-order valence-corrected chi connectivity index (χ2v) is 8.98. The van der Waals surface area contributed by atoms with Crippen LogP contribution < -0.4 is 5.32 Å². The molecule has 24 heavy (non-hydrogen) atoms. The molecule has 1 N–H and O–H groups in total. The van der Waals surface area contributed by atoms with E-state index >= 15 is 0 Å². The largest absolute Gasteiger partial charge is 0.462 e. The minimum absolute atomic E-state index is 0.0312. The van der Waals surface area contributed by atoms with Gasteiger partial charge in [0.05, 0.1) is 12.2 Å². The van der Waals surface area contributed by atoms with Crippen molar-refractivity contribution in [1.82, 2.24) is 0 Å². The van der Waals surface area contributed by atoms with Gasteiger partial charge in [0.15, 0.2) is 0 Å². The van der Waals surface area contributed by atoms with E-state index in [4.69, 9.17) is 4.74 Å². The van der Waals surface area contributed by atoms with E-state index in [1.54, 1.807) is 6.92 Å². The zero-order valence-electron chi connectivity index (χ0n) is 15.4. The first-order chi connectivity index (χ1) is 11.2. The Hall–Kier alpha value is -1.36. The molecule has 1 aliphatic rings. The van der Waals surface area contributed by atoms with Gasteiger partial charge < -0.3 is 10.1 Å². The van der Waals surface area contributed by atoms with Crippen molar-refractivity contribution in [1.29, 1.82) is 0 Å². The van der Waals surface area contributed by atoms with E-state index in [0.29, 0.717) is 23.1 Å². The van der Waals surface area contributed by atoms with E-state index in [1.807, 2.05) is 6.07 Å². The first kappa shape index (κ1) is 19.0. The van der Waals surface area contributed by atoms with Crippen LogP contribution in [0.15, 0.2) is 6.07 Å². The molecule has 4 nitrogen and oxygen atoms in total. The van der Waals surface area contributed by atoms with Crippen molar-refractivity contribution in [3.8, 4) is 0 Å². The molecule has 0 aliphatic heterocycles. The molecule has 0 unspecified atom stereocenters. The predicted octanol–water partition coefficient (Wildman–Crippen LogP) is 5.20. The molecule has 1 aliphatic carbocycles. The number of carbonyl (C=O) groups is 2. The second-order valence-electron chi connectivity index (χ2n) is 7.89. The fourth-order valence-corrected chi connectivity index (χ4v) is 4.11. The highest BCUT2D eigenvalue weighted by Crippen LogP contribution is 2.39. The number of thiophene rings is 1. The highest BCUT2D eigenvalue weighted by Gasteiger charge is 2.28. The third kappa shape index (κ3) is 4.82. The smallest absolute Gasteiger partial charge is 0.341 e. The third-order valence-electron chi connectivity index (χ3n) is 4.36. The summed E-state index contributed by atoms with van der Waals surface area (Å²) in [7, 11) is 0. The van der Waals surface area contributed by atoms with Crippen LogP contribution in [0.2, 0.25) is 0 Å². The SMILES string of the molecule is CCOC(=O)c1cc([C@H](C)CC(C)(C)C)sc1NC(=O)C1CCC1. The fraction of sp³-hybridized carbons (Fsp3) is 0.684. The number of hydrogen-bond acceptors (Lipinski definition) is 4. The van der Waals surface area contributed by atoms with Crippen molar-refractivity contribution in [2.75, 3.05) is 11.9 Å². The summed E-state index contributed by atoms with van der Waals surface area (Å²) in [6, 6.07) is 1.90. The maximum Gasteiger partial charge on any atom is 0.341 e. The number of hydrogen-bond donors (Lipinski definition) is 1. The lowest BCUT2D eigenvalue weighted by Crippen LogP contribution is -2.28. The van der Waals surface area contributed by atoms with E-state index in [9.17, 15) is 9.59 Å². The quantitative estimate of drug-likeness (QED) is 0.716. The zero-order chi connectivity index (χ0) is 17.9. The topological polar surface area (TPSA) is 55.4 Å². The van der Waals surface area contributed by atoms with E-state index in [0.717, 1.165) is 30.6 Å². The maximum atomic E-state index is 12.3. The number of amides is 1. The van der Waals surface area contributed by atoms with Crippen LogP contribution in [0.3, 0.4) is 0 Å². The third-order valence-corrected chi connectivity index (χ3v) is 5.65. The van der Waals surface area contributed by atoms with Crippen molar-refractivity contribution < 1.29 is 14.3 Å². The molecule has 134 valence electrons. The number of rotatable bonds is 6. The molecule has 1 atom stereocenters. The lowest BCUT2D eigenvalue weighted by molar-refractivity contribution is -0.122. The Kier molecular flexibility index (Phi) is 6.07. The van der Waals surface area contributed by atoms with Crippen molar-refractivity contribution in [2.45, 2.75) is 66.2 Å². The molecule has 0 saturated heterocycles. The van der Waals surface area contributed by atoms with Gasteiger partial charge in [0.1, 0.15) is 5.00 Å². The number of ether oxygens (including phenoxy) is 1. The molecule has 1 amide bonds. The van der Waals surface area contributed by atoms with E-state index < -0.39 is 0 Å². The molecule has 1 aromatic heterocycles. The van der Waals surface area contributed by atoms with Gasteiger partial charge in [-0.1, -0.05) is 34.1 Å². The van der Waals surface area contributed by atoms with Gasteiger partial charge in [-0.05, 0) is 43.6 Å². The average Bonchev–Trinajstić information content (AvgIpc) is 2.78. The molecule has 2 rings (SSSR count). The molecule has 1 heterocycles. The van der Waals surface area contributed by atoms with Crippen LogP contribution in [0.25, 0.3) is 0 Å². The monoisotopic (exact) mass is 351 g/mol. The van der Waals surface area contributed by atoms with Gasteiger partial charge in [-0.15, -0.1) is 11.3 Å². The van der Waals surface area contributed by atoms with Crippen molar-refractivity contribution in [2.24, 2.45) is 11.3 Å². The number of anilines is 1. The summed E-state index contributed by atoms with van der Waals surface area (Å²) in [6.07, 6.45) is 4.02. The van der Waals surface area contributed by atoms with Crippen LogP contribution in [0, 0.1) is 11.3 Å². The number of nitrogens with one attached hydrogen (secondary N) is 1. The summed E-state index contributed by atoms with van der Waals surface area (Å²) in [4.78, 5) is 25.7. The Morgan fingerprint density at radius 1 is 1.38 bits per heavy atom. The van der Waals surface area contributed by atoms with E-state index in [1.165, 1.54) is 11.3 Å². The highest BCUT2D eigenvalue weighted by molar-refractivity contribution is 7.16. The van der Waals surface area contributed by atoms with Crippen LogP contribution in [-0.2, 0) is 9.53 Å². The maximum absolute atomic E-state index is 12.3. The van der Waals surface area contributed by atoms with Gasteiger partial charge in [0.2, 0.25) is 5.91 Å². The normalized spacial score (nSPS) is 16.4. The zero-order valence-corrected chi connectivity index (χ0v) is 16.2. The number of carbonyl (C=O) groups excluding carboxylic acids is 2. The lowest BCUT2D eigenvalue weighted by Gasteiger charge is -2.24. The Bertz CT molecular complexity index is 596. The molecule has 1 saturated carbocycles. The number of esters is 1. The van der Waals surface area contributed by atoms with E-state index in [2.05, 4.69) is 33.0 Å². The molecule has 0 radical (unpaired) electrons. The minimum Gasteiger partial charge on any atom is -0.462 e. The summed E-state index contributed by atoms with van der Waals surface area (Å²) in [5.41, 5.74) is 0.702. The fourth-order valence-electron chi connectivity index (χ4n) is 3.01. The standard InChI is InChI=1S/C19H29NO3S/c1-6-23-18(22)14-10-15(12(2)11-19(3,4)5)24-17(14)20-16(21)13-8-7-9-13/h10,12-13H,6-9,11H2,1-5H3,(H,20,21)/t12-/m1/s1. The van der Waals surface area contributed by atoms with Gasteiger partial charge in [-0.3, -0.25) is 4.79 Å². The second kappa shape index (κ2) is 7.68. The van der Waals surface area contributed by atoms with Gasteiger partial charge in [0.25, 0.3) is 0 Å². The van der Waals surface area contributed by atoms with Crippen molar-refractivity contribution >= 4 is 28.2 Å². The molecule has 0 aromatic carbocycles. The first-order valence-corrected chi connectivity index (χ1v) is 9.64. The molecule has 0 spiro atoms. The Balaban J connectivity index is 2.22. The predicted molar refractivity (Wildman–Crippen MR) is 98.7 cm³/mol. The van der Waals surface area contributed by atoms with Gasteiger partial charge >= 0.3 is 5.97 Å². The molecular weight excluding hydrogens is 322 g/mol. The summed E-state index contributed by atoms with van der Waals surface area (Å²) >= 11 is 1.51. The highest BCUT2D eigenvalue weighted by atomic mass is 32.1. The summed E-state index contributed by atoms with van der Waals surface area (Å²) < 4.78 is 5.16. The summed E-state index contributed by atoms with van der Waals surface area (Å²) in [5.74, 6) is 0.102. The van der Waals surface area contributed by atoms with Gasteiger partial charge in [-0.2, -0.15) is 0 Å². The minimum atomic E-state index is -0.355. The Morgan fingerprint density at radius 3 is 2.54 bits per heavy atom. The van der Waals surface area contributed by atoms with E-state index in [-0.39, 0.29) is 23.2 Å². The molecule has 5 heteroatoms. The van der Waals surface area contributed by atoms with Crippen LogP contribution in [0.4, 0.5) is 5.00 Å². The molecule has 1 fully saturated rings. The van der Waals surface area contributed by atoms with Crippen LogP contribution in [-0.4, -0.2) is 18.5 Å². The average molecular weight is 352 g/mol. The first-order valence-electron chi connectivity index (χ1n) is 8.83. The van der Waals surface area contributed by atoms with Crippen molar-refractivity contribution in [3.05, 3.63) is 16.5 Å². The van der Waals surface area contributed by atoms with Gasteiger partial charge in [-0.25, -0.2) is 4.79 Å². The molecule has 0 bridgehead atoms. The van der Waals surface area contributed by atoms with Crippen molar-refractivity contribution in [3.63, 3.8) is 0 Å². The van der Waals surface area contributed by atoms with Crippen LogP contribution >= 0.6 is 11.3 Å². The Morgan fingerprint density at radius 2 is 2.04 bits per heavy atom. The lowest BCUT2D eigenvalue weighted by atomic mass is 9.84. The van der Waals surface area contributed by atoms with Crippen LogP contribution in [0.1, 0.15) is 81.5 Å². The van der Waals surface area contributed by atoms with Gasteiger partial charge in [0, 0.05) is 10.8 Å². The summed E-state index contributed by atoms with van der Waals surface area (Å²) in [6.45, 7) is 10.9. The van der Waals surface area contributed by atoms with Crippen LogP contribution in [0.5, 0.6) is 0 Å². The summed E-state index contributed by atoms with van der Waals surface area (Å²) in [5, 5.41) is 3.61. The molecular formula is C19H29NO3S.